The summed E-state index contributed by atoms with van der Waals surface area (Å²) in [5.74, 6) is 0.584. The summed E-state index contributed by atoms with van der Waals surface area (Å²) in [7, 11) is 1.76. The molecule has 1 aromatic heterocycles. The molecule has 0 aliphatic carbocycles. The van der Waals surface area contributed by atoms with Gasteiger partial charge in [-0.1, -0.05) is 6.07 Å². The normalized spacial score (nSPS) is 25.5. The van der Waals surface area contributed by atoms with Gasteiger partial charge in [0.15, 0.2) is 0 Å². The fourth-order valence-corrected chi connectivity index (χ4v) is 5.46. The molecule has 3 aliphatic heterocycles. The number of rotatable bonds is 5. The summed E-state index contributed by atoms with van der Waals surface area (Å²) in [6.07, 6.45) is 6.86. The number of ether oxygens (including phenoxy) is 1. The number of likely N-dealkylation sites (tertiary alicyclic amines) is 3. The molecule has 1 amide bonds. The molecule has 1 atom stereocenters. The summed E-state index contributed by atoms with van der Waals surface area (Å²) in [6.45, 7) is 9.15. The van der Waals surface area contributed by atoms with Gasteiger partial charge in [0.2, 0.25) is 5.91 Å². The predicted octanol–water partition coefficient (Wildman–Crippen LogP) is 2.70. The molecule has 0 radical (unpaired) electrons. The van der Waals surface area contributed by atoms with Crippen molar-refractivity contribution in [1.82, 2.24) is 19.7 Å². The maximum Gasteiger partial charge on any atom is 0.225 e. The summed E-state index contributed by atoms with van der Waals surface area (Å²) in [5, 5.41) is 0. The Hall–Kier alpha value is -1.50. The summed E-state index contributed by atoms with van der Waals surface area (Å²) < 4.78 is 5.50. The number of pyridine rings is 1. The van der Waals surface area contributed by atoms with Gasteiger partial charge in [-0.3, -0.25) is 14.7 Å². The van der Waals surface area contributed by atoms with E-state index in [-0.39, 0.29) is 12.0 Å². The molecule has 0 unspecified atom stereocenters. The smallest absolute Gasteiger partial charge is 0.225 e. The fraction of sp³-hybridized carbons (Fsp3) is 0.750. The number of carbonyl (C=O) groups is 1. The van der Waals surface area contributed by atoms with Crippen LogP contribution in [-0.2, 0) is 16.1 Å². The number of methoxy groups -OCH3 is 1. The second-order valence-electron chi connectivity index (χ2n) is 9.37. The lowest BCUT2D eigenvalue weighted by atomic mass is 9.91. The van der Waals surface area contributed by atoms with E-state index in [1.807, 2.05) is 0 Å². The number of piperidine rings is 3. The molecule has 0 bridgehead atoms. The van der Waals surface area contributed by atoms with E-state index in [0.29, 0.717) is 11.9 Å². The van der Waals surface area contributed by atoms with Crippen LogP contribution in [0.3, 0.4) is 0 Å². The molecule has 4 heterocycles. The molecule has 30 heavy (non-hydrogen) atoms. The first-order valence-corrected chi connectivity index (χ1v) is 11.8. The number of carbonyl (C=O) groups excluding carboxylic acids is 1. The van der Waals surface area contributed by atoms with E-state index in [1.165, 1.54) is 18.5 Å². The highest BCUT2D eigenvalue weighted by atomic mass is 16.5. The third-order valence-electron chi connectivity index (χ3n) is 7.31. The van der Waals surface area contributed by atoms with Crippen molar-refractivity contribution in [2.45, 2.75) is 64.1 Å². The van der Waals surface area contributed by atoms with Crippen LogP contribution < -0.4 is 0 Å². The summed E-state index contributed by atoms with van der Waals surface area (Å²) in [5.41, 5.74) is 2.28. The number of hydrogen-bond acceptors (Lipinski definition) is 5. The molecule has 166 valence electrons. The Labute approximate surface area is 181 Å². The van der Waals surface area contributed by atoms with E-state index < -0.39 is 0 Å². The summed E-state index contributed by atoms with van der Waals surface area (Å²) in [6, 6.07) is 6.98. The van der Waals surface area contributed by atoms with Gasteiger partial charge in [0, 0.05) is 57.5 Å². The maximum atomic E-state index is 13.0. The van der Waals surface area contributed by atoms with Crippen molar-refractivity contribution in [2.75, 3.05) is 46.4 Å². The van der Waals surface area contributed by atoms with Crippen molar-refractivity contribution in [3.63, 3.8) is 0 Å². The second kappa shape index (κ2) is 10.2. The van der Waals surface area contributed by atoms with Crippen LogP contribution in [0.2, 0.25) is 0 Å². The van der Waals surface area contributed by atoms with E-state index in [4.69, 9.17) is 4.74 Å². The second-order valence-corrected chi connectivity index (χ2v) is 9.37. The van der Waals surface area contributed by atoms with Gasteiger partial charge < -0.3 is 14.5 Å². The highest BCUT2D eigenvalue weighted by molar-refractivity contribution is 5.79. The Kier molecular flexibility index (Phi) is 7.39. The minimum absolute atomic E-state index is 0.212. The van der Waals surface area contributed by atoms with Crippen LogP contribution in [0.15, 0.2) is 18.2 Å². The van der Waals surface area contributed by atoms with Crippen molar-refractivity contribution >= 4 is 5.91 Å². The van der Waals surface area contributed by atoms with Crippen LogP contribution in [-0.4, -0.2) is 84.1 Å². The molecule has 3 aliphatic rings. The number of nitrogens with zero attached hydrogens (tertiary/aromatic N) is 4. The van der Waals surface area contributed by atoms with E-state index in [9.17, 15) is 4.79 Å². The Morgan fingerprint density at radius 2 is 1.83 bits per heavy atom. The molecular weight excluding hydrogens is 376 g/mol. The van der Waals surface area contributed by atoms with Gasteiger partial charge in [-0.15, -0.1) is 0 Å². The van der Waals surface area contributed by atoms with Gasteiger partial charge in [0.05, 0.1) is 11.8 Å². The predicted molar refractivity (Wildman–Crippen MR) is 118 cm³/mol. The molecule has 0 N–H and O–H groups in total. The zero-order valence-corrected chi connectivity index (χ0v) is 18.8. The van der Waals surface area contributed by atoms with Gasteiger partial charge in [-0.2, -0.15) is 0 Å². The SMILES string of the molecule is CO[C@H]1CCCN(C(=O)C2CCN(C3CCN(Cc4cccc(C)n4)CC3)CC2)C1. The first-order chi connectivity index (χ1) is 14.6. The highest BCUT2D eigenvalue weighted by Gasteiger charge is 2.34. The van der Waals surface area contributed by atoms with Crippen LogP contribution in [0.5, 0.6) is 0 Å². The number of aromatic nitrogens is 1. The van der Waals surface area contributed by atoms with Crippen molar-refractivity contribution in [1.29, 1.82) is 0 Å². The van der Waals surface area contributed by atoms with Crippen LogP contribution >= 0.6 is 0 Å². The van der Waals surface area contributed by atoms with Gasteiger partial charge in [-0.05, 0) is 70.7 Å². The standard InChI is InChI=1S/C24H38N4O2/c1-19-5-3-6-21(25-19)17-26-13-10-22(11-14-26)27-15-8-20(9-16-27)24(29)28-12-4-7-23(18-28)30-2/h3,5-6,20,22-23H,4,7-18H2,1-2H3/t23-/m0/s1. The maximum absolute atomic E-state index is 13.0. The van der Waals surface area contributed by atoms with Crippen molar-refractivity contribution in [2.24, 2.45) is 5.92 Å². The number of aryl methyl sites for hydroxylation is 1. The summed E-state index contributed by atoms with van der Waals surface area (Å²) in [4.78, 5) is 24.9. The van der Waals surface area contributed by atoms with Gasteiger partial charge >= 0.3 is 0 Å². The third-order valence-corrected chi connectivity index (χ3v) is 7.31. The molecule has 0 saturated carbocycles. The fourth-order valence-electron chi connectivity index (χ4n) is 5.46. The lowest BCUT2D eigenvalue weighted by molar-refractivity contribution is -0.141. The van der Waals surface area contributed by atoms with Crippen LogP contribution in [0.25, 0.3) is 0 Å². The van der Waals surface area contributed by atoms with E-state index in [1.54, 1.807) is 7.11 Å². The van der Waals surface area contributed by atoms with Crippen LogP contribution in [0.1, 0.15) is 49.9 Å². The minimum atomic E-state index is 0.212. The summed E-state index contributed by atoms with van der Waals surface area (Å²) >= 11 is 0. The van der Waals surface area contributed by atoms with E-state index >= 15 is 0 Å². The zero-order chi connectivity index (χ0) is 20.9. The lowest BCUT2D eigenvalue weighted by Gasteiger charge is -2.42. The molecule has 3 saturated heterocycles. The van der Waals surface area contributed by atoms with Crippen LogP contribution in [0, 0.1) is 12.8 Å². The van der Waals surface area contributed by atoms with Gasteiger partial charge in [-0.25, -0.2) is 0 Å². The van der Waals surface area contributed by atoms with Crippen molar-refractivity contribution in [3.8, 4) is 0 Å². The highest BCUT2D eigenvalue weighted by Crippen LogP contribution is 2.27. The molecule has 1 aromatic rings. The average Bonchev–Trinajstić information content (AvgIpc) is 2.79. The average molecular weight is 415 g/mol. The Bertz CT molecular complexity index is 696. The molecule has 6 nitrogen and oxygen atoms in total. The van der Waals surface area contributed by atoms with E-state index in [2.05, 4.69) is 44.8 Å². The quantitative estimate of drug-likeness (QED) is 0.741. The molecule has 6 heteroatoms. The van der Waals surface area contributed by atoms with E-state index in [0.717, 1.165) is 77.2 Å². The van der Waals surface area contributed by atoms with Crippen LogP contribution in [0.4, 0.5) is 0 Å². The minimum Gasteiger partial charge on any atom is -0.380 e. The Morgan fingerprint density at radius 3 is 2.53 bits per heavy atom. The van der Waals surface area contributed by atoms with Crippen molar-refractivity contribution < 1.29 is 9.53 Å². The monoisotopic (exact) mass is 414 g/mol. The third kappa shape index (κ3) is 5.40. The number of amides is 1. The topological polar surface area (TPSA) is 48.9 Å². The Morgan fingerprint density at radius 1 is 1.07 bits per heavy atom. The molecule has 0 spiro atoms. The first-order valence-electron chi connectivity index (χ1n) is 11.8. The molecule has 0 aromatic carbocycles. The number of hydrogen-bond donors (Lipinski definition) is 0. The Balaban J connectivity index is 1.20. The van der Waals surface area contributed by atoms with Gasteiger partial charge in [0.25, 0.3) is 0 Å². The first kappa shape index (κ1) is 21.7. The lowest BCUT2D eigenvalue weighted by Crippen LogP contribution is -2.51. The largest absolute Gasteiger partial charge is 0.380 e. The molecule has 3 fully saturated rings. The van der Waals surface area contributed by atoms with Gasteiger partial charge in [0.1, 0.15) is 0 Å². The zero-order valence-electron chi connectivity index (χ0n) is 18.8. The molecule has 4 rings (SSSR count). The van der Waals surface area contributed by atoms with Crippen molar-refractivity contribution in [3.05, 3.63) is 29.6 Å². The molecular formula is C24H38N4O2.